The first kappa shape index (κ1) is 20.4. The lowest BCUT2D eigenvalue weighted by Crippen LogP contribution is -2.21. The Labute approximate surface area is 180 Å². The van der Waals surface area contributed by atoms with Crippen LogP contribution in [0.25, 0.3) is 34.3 Å². The maximum atomic E-state index is 12.1. The number of benzene rings is 2. The molecule has 4 rings (SSSR count). The molecule has 2 aromatic carbocycles. The van der Waals surface area contributed by atoms with Gasteiger partial charge in [0, 0.05) is 32.2 Å². The van der Waals surface area contributed by atoms with E-state index in [2.05, 4.69) is 20.2 Å². The second-order valence-corrected chi connectivity index (χ2v) is 7.24. The summed E-state index contributed by atoms with van der Waals surface area (Å²) in [5, 5.41) is 17.6. The van der Waals surface area contributed by atoms with Gasteiger partial charge < -0.3 is 14.4 Å². The Morgan fingerprint density at radius 3 is 2.52 bits per heavy atom. The van der Waals surface area contributed by atoms with Crippen molar-refractivity contribution in [2.45, 2.75) is 13.5 Å². The number of amides is 1. The quantitative estimate of drug-likeness (QED) is 0.529. The SMILES string of the molecule is Cc1ncc(-c2ccc(C(=O)N(C)C)cc2)nc1-c1nnc(-c2cccc(CO)c2)o1.[HH]. The van der Waals surface area contributed by atoms with Crippen LogP contribution in [0.2, 0.25) is 0 Å². The number of hydrogen-bond donors (Lipinski definition) is 1. The maximum Gasteiger partial charge on any atom is 0.268 e. The average molecular weight is 417 g/mol. The zero-order valence-corrected chi connectivity index (χ0v) is 17.4. The van der Waals surface area contributed by atoms with Gasteiger partial charge in [0.25, 0.3) is 11.8 Å². The first-order valence-electron chi connectivity index (χ1n) is 9.66. The van der Waals surface area contributed by atoms with Gasteiger partial charge in [-0.25, -0.2) is 4.98 Å². The number of aliphatic hydroxyl groups excluding tert-OH is 1. The second kappa shape index (κ2) is 8.45. The molecule has 158 valence electrons. The molecule has 2 heterocycles. The monoisotopic (exact) mass is 417 g/mol. The predicted molar refractivity (Wildman–Crippen MR) is 117 cm³/mol. The van der Waals surface area contributed by atoms with Crippen LogP contribution in [0.5, 0.6) is 0 Å². The fourth-order valence-electron chi connectivity index (χ4n) is 3.07. The van der Waals surface area contributed by atoms with Crippen molar-refractivity contribution in [3.8, 4) is 34.3 Å². The van der Waals surface area contributed by atoms with Crippen molar-refractivity contribution >= 4 is 5.91 Å². The van der Waals surface area contributed by atoms with Crippen LogP contribution in [0.4, 0.5) is 0 Å². The van der Waals surface area contributed by atoms with E-state index in [9.17, 15) is 9.90 Å². The number of nitrogens with zero attached hydrogens (tertiary/aromatic N) is 5. The molecule has 0 fully saturated rings. The predicted octanol–water partition coefficient (Wildman–Crippen LogP) is 3.61. The van der Waals surface area contributed by atoms with Crippen molar-refractivity contribution in [3.05, 3.63) is 71.5 Å². The van der Waals surface area contributed by atoms with E-state index in [-0.39, 0.29) is 19.8 Å². The van der Waals surface area contributed by atoms with Crippen molar-refractivity contribution in [2.75, 3.05) is 14.1 Å². The highest BCUT2D eigenvalue weighted by molar-refractivity contribution is 5.94. The molecule has 8 heteroatoms. The van der Waals surface area contributed by atoms with E-state index in [4.69, 9.17) is 4.42 Å². The molecule has 31 heavy (non-hydrogen) atoms. The molecule has 0 atom stereocenters. The Morgan fingerprint density at radius 2 is 1.81 bits per heavy atom. The Hall–Kier alpha value is -3.91. The minimum atomic E-state index is -0.0691. The van der Waals surface area contributed by atoms with Gasteiger partial charge >= 0.3 is 0 Å². The highest BCUT2D eigenvalue weighted by Crippen LogP contribution is 2.27. The second-order valence-electron chi connectivity index (χ2n) is 7.24. The smallest absolute Gasteiger partial charge is 0.268 e. The zero-order chi connectivity index (χ0) is 22.0. The van der Waals surface area contributed by atoms with Crippen molar-refractivity contribution in [3.63, 3.8) is 0 Å². The van der Waals surface area contributed by atoms with Gasteiger partial charge in [-0.3, -0.25) is 9.78 Å². The van der Waals surface area contributed by atoms with E-state index in [1.54, 1.807) is 38.5 Å². The van der Waals surface area contributed by atoms with Crippen molar-refractivity contribution in [2.24, 2.45) is 0 Å². The van der Waals surface area contributed by atoms with Gasteiger partial charge in [0.15, 0.2) is 0 Å². The highest BCUT2D eigenvalue weighted by atomic mass is 16.4. The Morgan fingerprint density at radius 1 is 1.06 bits per heavy atom. The summed E-state index contributed by atoms with van der Waals surface area (Å²) in [6.07, 6.45) is 1.67. The molecule has 1 amide bonds. The molecule has 2 aromatic heterocycles. The molecule has 4 aromatic rings. The summed E-state index contributed by atoms with van der Waals surface area (Å²) in [6, 6.07) is 14.5. The van der Waals surface area contributed by atoms with Crippen LogP contribution in [0.1, 0.15) is 23.0 Å². The maximum absolute atomic E-state index is 12.1. The Kier molecular flexibility index (Phi) is 5.55. The van der Waals surface area contributed by atoms with E-state index in [0.717, 1.165) is 11.1 Å². The molecular weight excluding hydrogens is 394 g/mol. The van der Waals surface area contributed by atoms with E-state index in [1.165, 1.54) is 4.90 Å². The number of carbonyl (C=O) groups is 1. The number of aryl methyl sites for hydroxylation is 1. The topological polar surface area (TPSA) is 105 Å². The third-order valence-electron chi connectivity index (χ3n) is 4.77. The molecule has 0 aliphatic heterocycles. The summed E-state index contributed by atoms with van der Waals surface area (Å²) < 4.78 is 5.85. The molecule has 0 saturated carbocycles. The molecule has 0 aliphatic carbocycles. The minimum absolute atomic E-state index is 0. The number of rotatable bonds is 5. The normalized spacial score (nSPS) is 10.8. The fourth-order valence-corrected chi connectivity index (χ4v) is 3.07. The molecular formula is C23H23N5O3. The number of aromatic nitrogens is 4. The standard InChI is InChI=1S/C23H21N5O3.H2/c1-14-20(22-27-26-21(31-22)18-6-4-5-15(11-18)13-29)25-19(12-24-14)16-7-9-17(10-8-16)23(30)28(2)3;/h4-12,29H,13H2,1-3H3;1H. The van der Waals surface area contributed by atoms with Crippen LogP contribution in [-0.4, -0.2) is 50.2 Å². The summed E-state index contributed by atoms with van der Waals surface area (Å²) in [5.41, 5.74) is 4.66. The van der Waals surface area contributed by atoms with E-state index < -0.39 is 0 Å². The number of hydrogen-bond acceptors (Lipinski definition) is 7. The highest BCUT2D eigenvalue weighted by Gasteiger charge is 2.17. The lowest BCUT2D eigenvalue weighted by Gasteiger charge is -2.10. The van der Waals surface area contributed by atoms with Gasteiger partial charge in [-0.15, -0.1) is 10.2 Å². The van der Waals surface area contributed by atoms with Gasteiger partial charge in [0.2, 0.25) is 5.89 Å². The molecule has 0 bridgehead atoms. The number of aliphatic hydroxyl groups is 1. The van der Waals surface area contributed by atoms with Crippen LogP contribution < -0.4 is 0 Å². The van der Waals surface area contributed by atoms with Crippen molar-refractivity contribution < 1.29 is 15.7 Å². The molecule has 0 aliphatic rings. The zero-order valence-electron chi connectivity index (χ0n) is 17.4. The van der Waals surface area contributed by atoms with Crippen LogP contribution in [0.3, 0.4) is 0 Å². The molecule has 8 nitrogen and oxygen atoms in total. The van der Waals surface area contributed by atoms with Crippen LogP contribution in [0.15, 0.2) is 59.1 Å². The Balaban J connectivity index is 0.00000289. The molecule has 0 unspecified atom stereocenters. The van der Waals surface area contributed by atoms with E-state index in [0.29, 0.717) is 34.1 Å². The molecule has 0 radical (unpaired) electrons. The number of carbonyl (C=O) groups excluding carboxylic acids is 1. The third-order valence-corrected chi connectivity index (χ3v) is 4.77. The van der Waals surface area contributed by atoms with Crippen molar-refractivity contribution in [1.82, 2.24) is 25.1 Å². The van der Waals surface area contributed by atoms with E-state index in [1.807, 2.05) is 37.3 Å². The van der Waals surface area contributed by atoms with Crippen molar-refractivity contribution in [1.29, 1.82) is 0 Å². The summed E-state index contributed by atoms with van der Waals surface area (Å²) in [5.74, 6) is 0.532. The summed E-state index contributed by atoms with van der Waals surface area (Å²) >= 11 is 0. The summed E-state index contributed by atoms with van der Waals surface area (Å²) in [7, 11) is 3.43. The minimum Gasteiger partial charge on any atom is -0.415 e. The lowest BCUT2D eigenvalue weighted by atomic mass is 10.1. The molecule has 0 spiro atoms. The van der Waals surface area contributed by atoms with Crippen LogP contribution in [0, 0.1) is 6.92 Å². The summed E-state index contributed by atoms with van der Waals surface area (Å²) in [4.78, 5) is 22.7. The average Bonchev–Trinajstić information content (AvgIpc) is 3.29. The molecule has 0 saturated heterocycles. The largest absolute Gasteiger partial charge is 0.415 e. The first-order chi connectivity index (χ1) is 15.0. The van der Waals surface area contributed by atoms with Crippen LogP contribution >= 0.6 is 0 Å². The van der Waals surface area contributed by atoms with Crippen LogP contribution in [-0.2, 0) is 6.61 Å². The van der Waals surface area contributed by atoms with Gasteiger partial charge in [0.05, 0.1) is 24.2 Å². The van der Waals surface area contributed by atoms with Gasteiger partial charge in [0.1, 0.15) is 5.69 Å². The first-order valence-corrected chi connectivity index (χ1v) is 9.66. The Bertz CT molecular complexity index is 1240. The van der Waals surface area contributed by atoms with Gasteiger partial charge in [-0.1, -0.05) is 24.3 Å². The molecule has 1 N–H and O–H groups in total. The fraction of sp³-hybridized carbons (Fsp3) is 0.174. The summed E-state index contributed by atoms with van der Waals surface area (Å²) in [6.45, 7) is 1.75. The van der Waals surface area contributed by atoms with Gasteiger partial charge in [-0.2, -0.15) is 0 Å². The van der Waals surface area contributed by atoms with Gasteiger partial charge in [-0.05, 0) is 36.8 Å². The van der Waals surface area contributed by atoms with E-state index >= 15 is 0 Å². The third kappa shape index (κ3) is 4.19. The lowest BCUT2D eigenvalue weighted by molar-refractivity contribution is 0.0827.